The number of esters is 4. The van der Waals surface area contributed by atoms with Crippen molar-refractivity contribution < 1.29 is 80.2 Å². The lowest BCUT2D eigenvalue weighted by Crippen LogP contribution is -2.30. The molecule has 3 unspecified atom stereocenters. The molecular formula is C73H142O17P2. The molecule has 0 aromatic carbocycles. The molecule has 19 heteroatoms. The van der Waals surface area contributed by atoms with Crippen molar-refractivity contribution in [2.75, 3.05) is 39.6 Å². The van der Waals surface area contributed by atoms with Crippen LogP contribution in [0, 0.1) is 17.8 Å². The zero-order valence-corrected chi connectivity index (χ0v) is 61.8. The van der Waals surface area contributed by atoms with Gasteiger partial charge in [0.15, 0.2) is 12.2 Å². The molecule has 0 rings (SSSR count). The Hall–Kier alpha value is -1.94. The lowest BCUT2D eigenvalue weighted by Gasteiger charge is -2.21. The van der Waals surface area contributed by atoms with Crippen molar-refractivity contribution in [3.63, 3.8) is 0 Å². The molecule has 0 aliphatic rings. The highest BCUT2D eigenvalue weighted by Gasteiger charge is 2.30. The molecule has 6 atom stereocenters. The summed E-state index contributed by atoms with van der Waals surface area (Å²) in [6.45, 7) is 11.9. The van der Waals surface area contributed by atoms with Gasteiger partial charge in [-0.25, -0.2) is 9.13 Å². The van der Waals surface area contributed by atoms with Gasteiger partial charge in [-0.15, -0.1) is 0 Å². The van der Waals surface area contributed by atoms with Gasteiger partial charge in [0.2, 0.25) is 0 Å². The number of aliphatic hydroxyl groups excluding tert-OH is 1. The largest absolute Gasteiger partial charge is 0.472 e. The molecule has 0 spiro atoms. The number of phosphoric acid groups is 2. The van der Waals surface area contributed by atoms with Crippen LogP contribution in [0.1, 0.15) is 370 Å². The number of carbonyl (C=O) groups is 4. The van der Waals surface area contributed by atoms with Gasteiger partial charge in [-0.2, -0.15) is 0 Å². The van der Waals surface area contributed by atoms with E-state index in [0.717, 1.165) is 108 Å². The highest BCUT2D eigenvalue weighted by atomic mass is 31.2. The first-order valence-electron chi connectivity index (χ1n) is 37.9. The predicted octanol–water partition coefficient (Wildman–Crippen LogP) is 21.0. The van der Waals surface area contributed by atoms with Crippen molar-refractivity contribution in [2.24, 2.45) is 17.8 Å². The summed E-state index contributed by atoms with van der Waals surface area (Å²) in [4.78, 5) is 72.7. The normalized spacial score (nSPS) is 14.4. The topological polar surface area (TPSA) is 237 Å². The third-order valence-electron chi connectivity index (χ3n) is 17.2. The molecule has 0 saturated heterocycles. The van der Waals surface area contributed by atoms with Crippen molar-refractivity contribution in [3.8, 4) is 0 Å². The summed E-state index contributed by atoms with van der Waals surface area (Å²) in [5.74, 6) is 0.158. The monoisotopic (exact) mass is 1350 g/mol. The van der Waals surface area contributed by atoms with Crippen LogP contribution in [0.4, 0.5) is 0 Å². The van der Waals surface area contributed by atoms with E-state index in [0.29, 0.717) is 25.7 Å². The molecule has 0 bridgehead atoms. The molecule has 0 radical (unpaired) electrons. The van der Waals surface area contributed by atoms with E-state index in [-0.39, 0.29) is 25.7 Å². The number of aliphatic hydroxyl groups is 1. The summed E-state index contributed by atoms with van der Waals surface area (Å²) in [5, 5.41) is 10.6. The van der Waals surface area contributed by atoms with E-state index in [2.05, 4.69) is 48.5 Å². The molecular weight excluding hydrogens is 1210 g/mol. The second-order valence-electron chi connectivity index (χ2n) is 27.5. The molecule has 3 N–H and O–H groups in total. The number of phosphoric ester groups is 2. The van der Waals surface area contributed by atoms with E-state index in [4.69, 9.17) is 37.0 Å². The highest BCUT2D eigenvalue weighted by Crippen LogP contribution is 2.45. The number of ether oxygens (including phenoxy) is 4. The summed E-state index contributed by atoms with van der Waals surface area (Å²) >= 11 is 0. The third kappa shape index (κ3) is 65.4. The maximum atomic E-state index is 13.1. The van der Waals surface area contributed by atoms with E-state index in [1.165, 1.54) is 180 Å². The molecule has 92 heavy (non-hydrogen) atoms. The minimum Gasteiger partial charge on any atom is -0.462 e. The molecule has 546 valence electrons. The van der Waals surface area contributed by atoms with Crippen LogP contribution in [-0.4, -0.2) is 96.7 Å². The van der Waals surface area contributed by atoms with Crippen LogP contribution in [0.3, 0.4) is 0 Å². The molecule has 17 nitrogen and oxygen atoms in total. The van der Waals surface area contributed by atoms with Gasteiger partial charge < -0.3 is 33.8 Å². The maximum Gasteiger partial charge on any atom is 0.472 e. The van der Waals surface area contributed by atoms with Gasteiger partial charge >= 0.3 is 39.5 Å². The van der Waals surface area contributed by atoms with E-state index in [9.17, 15) is 43.2 Å². The highest BCUT2D eigenvalue weighted by molar-refractivity contribution is 7.47. The number of hydrogen-bond donors (Lipinski definition) is 3. The smallest absolute Gasteiger partial charge is 0.462 e. The maximum absolute atomic E-state index is 13.1. The molecule has 0 aliphatic carbocycles. The quantitative estimate of drug-likeness (QED) is 0.0222. The van der Waals surface area contributed by atoms with Crippen molar-refractivity contribution >= 4 is 39.5 Å². The van der Waals surface area contributed by atoms with Crippen molar-refractivity contribution in [1.82, 2.24) is 0 Å². The number of carbonyl (C=O) groups excluding carboxylic acids is 4. The van der Waals surface area contributed by atoms with Crippen LogP contribution in [0.25, 0.3) is 0 Å². The van der Waals surface area contributed by atoms with Crippen molar-refractivity contribution in [1.29, 1.82) is 0 Å². The molecule has 0 aromatic heterocycles. The Labute approximate surface area is 562 Å². The lowest BCUT2D eigenvalue weighted by atomic mass is 9.99. The van der Waals surface area contributed by atoms with Gasteiger partial charge in [-0.05, 0) is 43.4 Å². The van der Waals surface area contributed by atoms with E-state index in [1.807, 2.05) is 0 Å². The fraction of sp³-hybridized carbons (Fsp3) is 0.945. The fourth-order valence-corrected chi connectivity index (χ4v) is 12.6. The first kappa shape index (κ1) is 90.1. The summed E-state index contributed by atoms with van der Waals surface area (Å²) < 4.78 is 68.4. The van der Waals surface area contributed by atoms with Crippen LogP contribution < -0.4 is 0 Å². The zero-order chi connectivity index (χ0) is 68.0. The Morgan fingerprint density at radius 1 is 0.315 bits per heavy atom. The molecule has 0 aromatic rings. The van der Waals surface area contributed by atoms with Gasteiger partial charge in [0, 0.05) is 25.7 Å². The molecule has 0 amide bonds. The van der Waals surface area contributed by atoms with Crippen LogP contribution in [0.2, 0.25) is 0 Å². The van der Waals surface area contributed by atoms with E-state index >= 15 is 0 Å². The summed E-state index contributed by atoms with van der Waals surface area (Å²) in [6, 6.07) is 0. The number of unbranched alkanes of at least 4 members (excludes halogenated alkanes) is 38. The Morgan fingerprint density at radius 3 is 0.826 bits per heavy atom. The first-order valence-corrected chi connectivity index (χ1v) is 40.9. The van der Waals surface area contributed by atoms with Crippen LogP contribution in [-0.2, 0) is 65.4 Å². The molecule has 0 saturated carbocycles. The Balaban J connectivity index is 5.27. The second-order valence-corrected chi connectivity index (χ2v) is 30.4. The predicted molar refractivity (Wildman–Crippen MR) is 372 cm³/mol. The SMILES string of the molecule is CCCCCCCCCCCCCCCCC(=O)OC[C@H](COP(=O)(O)OC[C@@H](O)COP(=O)(O)OC[C@@H](COC(=O)CCCCCCCCCCC(C)CC)OC(=O)CCCCCCCCCCCC(C)C)OC(=O)CCCCCCCCCCCCCC(C)C. The second kappa shape index (κ2) is 63.8. The Kier molecular flexibility index (Phi) is 62.4. The standard InChI is InChI=1S/C73H142O17P2/c1-8-10-11-12-13-14-15-16-17-20-25-33-40-47-54-70(75)83-60-68(89-72(77)56-49-42-35-26-21-18-19-23-30-37-44-51-64(3)4)62-87-91(79,80)85-58-67(74)59-86-92(81,82)88-63-69(90-73(78)57-50-43-36-27-22-24-31-38-45-52-65(5)6)61-84-71(76)55-48-41-34-29-28-32-39-46-53-66(7)9-2/h64-69,74H,8-63H2,1-7H3,(H,79,80)(H,81,82)/t66?,67-,68-,69-/m1/s1. The van der Waals surface area contributed by atoms with E-state index in [1.54, 1.807) is 0 Å². The minimum atomic E-state index is -4.95. The van der Waals surface area contributed by atoms with Crippen molar-refractivity contribution in [2.45, 2.75) is 388 Å². The summed E-state index contributed by atoms with van der Waals surface area (Å²) in [7, 11) is -9.91. The van der Waals surface area contributed by atoms with Gasteiger partial charge in [0.05, 0.1) is 26.4 Å². The van der Waals surface area contributed by atoms with Gasteiger partial charge in [0.1, 0.15) is 19.3 Å². The van der Waals surface area contributed by atoms with Crippen LogP contribution in [0.15, 0.2) is 0 Å². The number of hydrogen-bond acceptors (Lipinski definition) is 15. The van der Waals surface area contributed by atoms with Gasteiger partial charge in [-0.3, -0.25) is 37.3 Å². The Morgan fingerprint density at radius 2 is 0.554 bits per heavy atom. The average Bonchev–Trinajstić information content (AvgIpc) is 3.55. The molecule has 0 heterocycles. The van der Waals surface area contributed by atoms with Gasteiger partial charge in [-0.1, -0.05) is 318 Å². The summed E-state index contributed by atoms with van der Waals surface area (Å²) in [6.07, 6.45) is 48.4. The number of rotatable bonds is 71. The minimum absolute atomic E-state index is 0.105. The van der Waals surface area contributed by atoms with Crippen LogP contribution in [0.5, 0.6) is 0 Å². The zero-order valence-electron chi connectivity index (χ0n) is 60.0. The molecule has 0 aliphatic heterocycles. The Bertz CT molecular complexity index is 1800. The van der Waals surface area contributed by atoms with Gasteiger partial charge in [0.25, 0.3) is 0 Å². The first-order chi connectivity index (χ1) is 44.3. The molecule has 0 fully saturated rings. The summed E-state index contributed by atoms with van der Waals surface area (Å²) in [5.41, 5.74) is 0. The van der Waals surface area contributed by atoms with Crippen LogP contribution >= 0.6 is 15.6 Å². The average molecular weight is 1350 g/mol. The fourth-order valence-electron chi connectivity index (χ4n) is 11.0. The van der Waals surface area contributed by atoms with Crippen molar-refractivity contribution in [3.05, 3.63) is 0 Å². The third-order valence-corrected chi connectivity index (χ3v) is 19.1. The lowest BCUT2D eigenvalue weighted by molar-refractivity contribution is -0.161. The van der Waals surface area contributed by atoms with E-state index < -0.39 is 97.5 Å².